The van der Waals surface area contributed by atoms with Crippen LogP contribution in [0.4, 0.5) is 18.9 Å². The average Bonchev–Trinajstić information content (AvgIpc) is 2.82. The number of pyridine rings is 2. The Morgan fingerprint density at radius 1 is 1.22 bits per heavy atom. The topological polar surface area (TPSA) is 110 Å². The monoisotopic (exact) mass is 510 g/mol. The van der Waals surface area contributed by atoms with Gasteiger partial charge in [0.15, 0.2) is 5.67 Å². The number of benzene rings is 1. The second kappa shape index (κ2) is 9.60. The first-order valence-electron chi connectivity index (χ1n) is 11.8. The molecule has 3 heterocycles. The molecular weight excluding hydrogens is 485 g/mol. The van der Waals surface area contributed by atoms with Gasteiger partial charge in [0.05, 0.1) is 30.7 Å². The zero-order chi connectivity index (χ0) is 26.3. The van der Waals surface area contributed by atoms with Crippen molar-refractivity contribution in [1.82, 2.24) is 9.97 Å². The van der Waals surface area contributed by atoms with Crippen molar-refractivity contribution in [2.45, 2.75) is 37.4 Å². The third-order valence-corrected chi connectivity index (χ3v) is 6.73. The zero-order valence-electron chi connectivity index (χ0n) is 20.0. The van der Waals surface area contributed by atoms with E-state index in [2.05, 4.69) is 15.3 Å². The van der Waals surface area contributed by atoms with E-state index in [4.69, 9.17) is 10.5 Å². The van der Waals surface area contributed by atoms with Gasteiger partial charge in [-0.1, -0.05) is 11.6 Å². The smallest absolute Gasteiger partial charge is 0.274 e. The van der Waals surface area contributed by atoms with Crippen LogP contribution >= 0.6 is 0 Å². The van der Waals surface area contributed by atoms with Crippen molar-refractivity contribution in [3.05, 3.63) is 82.8 Å². The van der Waals surface area contributed by atoms with Gasteiger partial charge in [0.2, 0.25) is 0 Å². The number of rotatable bonds is 5. The largest absolute Gasteiger partial charge is 0.507 e. The van der Waals surface area contributed by atoms with Crippen LogP contribution in [0.3, 0.4) is 0 Å². The van der Waals surface area contributed by atoms with Gasteiger partial charge >= 0.3 is 0 Å². The van der Waals surface area contributed by atoms with Crippen molar-refractivity contribution >= 4 is 11.6 Å². The molecule has 37 heavy (non-hydrogen) atoms. The third-order valence-electron chi connectivity index (χ3n) is 6.73. The first-order valence-corrected chi connectivity index (χ1v) is 11.8. The molecule has 2 aliphatic rings. The Balaban J connectivity index is 1.44. The van der Waals surface area contributed by atoms with E-state index in [1.54, 1.807) is 6.20 Å². The summed E-state index contributed by atoms with van der Waals surface area (Å²) in [6.45, 7) is 1.46. The Kier molecular flexibility index (Phi) is 6.47. The molecule has 7 nitrogen and oxygen atoms in total. The fraction of sp³-hybridized carbons (Fsp3) is 0.296. The molecule has 3 aromatic rings. The molecule has 1 saturated heterocycles. The maximum atomic E-state index is 15.0. The summed E-state index contributed by atoms with van der Waals surface area (Å²) in [5, 5.41) is 13.2. The number of nitrogens with zero attached hydrogens (tertiary/aromatic N) is 2. The Hall–Kier alpha value is -3.76. The lowest BCUT2D eigenvalue weighted by Crippen LogP contribution is -2.42. The van der Waals surface area contributed by atoms with Crippen molar-refractivity contribution in [3.63, 3.8) is 0 Å². The summed E-state index contributed by atoms with van der Waals surface area (Å²) in [5.74, 6) is -3.34. The number of carbonyl (C=O) groups is 1. The molecule has 2 atom stereocenters. The average molecular weight is 511 g/mol. The summed E-state index contributed by atoms with van der Waals surface area (Å²) < 4.78 is 49.2. The van der Waals surface area contributed by atoms with Crippen LogP contribution in [0.5, 0.6) is 5.75 Å². The van der Waals surface area contributed by atoms with E-state index in [1.807, 2.05) is 19.1 Å². The number of nitrogens with two attached hydrogens (primary N) is 1. The third kappa shape index (κ3) is 4.82. The number of phenols is 1. The normalized spacial score (nSPS) is 20.6. The van der Waals surface area contributed by atoms with Gasteiger partial charge in [0, 0.05) is 17.8 Å². The Bertz CT molecular complexity index is 1380. The number of alkyl halides is 1. The molecule has 0 spiro atoms. The van der Waals surface area contributed by atoms with Gasteiger partial charge in [-0.05, 0) is 61.6 Å². The van der Waals surface area contributed by atoms with E-state index < -0.39 is 40.2 Å². The number of hydrogen-bond donors (Lipinski definition) is 3. The Labute approximate surface area is 211 Å². The lowest BCUT2D eigenvalue weighted by atomic mass is 9.82. The molecule has 0 bridgehead atoms. The van der Waals surface area contributed by atoms with Crippen LogP contribution < -0.4 is 11.1 Å². The summed E-state index contributed by atoms with van der Waals surface area (Å²) in [6.07, 6.45) is 6.64. The van der Waals surface area contributed by atoms with Crippen molar-refractivity contribution in [2.24, 2.45) is 5.73 Å². The number of nitrogens with one attached hydrogen (secondary N) is 1. The number of anilines is 1. The molecule has 5 rings (SSSR count). The molecular formula is C27H25F3N4O3. The van der Waals surface area contributed by atoms with Gasteiger partial charge in [-0.2, -0.15) is 0 Å². The fourth-order valence-corrected chi connectivity index (χ4v) is 4.87. The highest BCUT2D eigenvalue weighted by molar-refractivity contribution is 6.03. The predicted octanol–water partition coefficient (Wildman–Crippen LogP) is 4.73. The summed E-state index contributed by atoms with van der Waals surface area (Å²) in [6, 6.07) is 5.71. The molecule has 1 aliphatic heterocycles. The Morgan fingerprint density at radius 3 is 2.68 bits per heavy atom. The summed E-state index contributed by atoms with van der Waals surface area (Å²) >= 11 is 0. The molecule has 192 valence electrons. The number of aromatic hydroxyl groups is 1. The molecule has 1 fully saturated rings. The zero-order valence-corrected chi connectivity index (χ0v) is 20.0. The van der Waals surface area contributed by atoms with Crippen LogP contribution in [0, 0.1) is 11.6 Å². The molecule has 0 radical (unpaired) electrons. The highest BCUT2D eigenvalue weighted by Crippen LogP contribution is 2.41. The second-order valence-electron chi connectivity index (χ2n) is 9.57. The van der Waals surface area contributed by atoms with E-state index in [0.29, 0.717) is 12.1 Å². The number of hydrogen-bond acceptors (Lipinski definition) is 6. The van der Waals surface area contributed by atoms with Crippen LogP contribution in [0.15, 0.2) is 54.4 Å². The van der Waals surface area contributed by atoms with E-state index in [-0.39, 0.29) is 36.4 Å². The molecule has 1 aromatic carbocycles. The molecule has 2 unspecified atom stereocenters. The van der Waals surface area contributed by atoms with Crippen molar-refractivity contribution in [2.75, 3.05) is 18.5 Å². The van der Waals surface area contributed by atoms with Gasteiger partial charge in [-0.15, -0.1) is 0 Å². The van der Waals surface area contributed by atoms with Crippen molar-refractivity contribution in [3.8, 4) is 17.0 Å². The van der Waals surface area contributed by atoms with Gasteiger partial charge in [0.1, 0.15) is 28.8 Å². The highest BCUT2D eigenvalue weighted by atomic mass is 19.1. The number of phenolic OH excluding ortho intramolecular Hbond substituents is 1. The van der Waals surface area contributed by atoms with Crippen LogP contribution in [0.25, 0.3) is 11.3 Å². The fourth-order valence-electron chi connectivity index (χ4n) is 4.87. The van der Waals surface area contributed by atoms with E-state index in [0.717, 1.165) is 41.8 Å². The van der Waals surface area contributed by atoms with Crippen LogP contribution in [0.2, 0.25) is 0 Å². The lowest BCUT2D eigenvalue weighted by molar-refractivity contribution is -0.135. The standard InChI is InChI=1S/C27H25F3N4O3/c1-14-6-15(8-17(31)7-14)18-4-5-32-11-22(18)34-26(36)21-3-2-19(28)25(33-21)24-20(29)9-16(10-23(24)35)27(30)12-37-13-27/h2-5,7,9-11,15,17,35H,6,8,12-13,31H2,1H3,(H,34,36). The SMILES string of the molecule is CC1=CC(N)CC(c2ccncc2NC(=O)c2ccc(F)c(-c3c(O)cc(C4(F)COC4)cc3F)n2)C1. The quantitative estimate of drug-likeness (QED) is 0.428. The number of halogens is 3. The predicted molar refractivity (Wildman–Crippen MR) is 131 cm³/mol. The molecule has 1 aliphatic carbocycles. The number of aromatic nitrogens is 2. The molecule has 1 amide bonds. The maximum Gasteiger partial charge on any atom is 0.274 e. The molecule has 0 saturated carbocycles. The molecule has 10 heteroatoms. The Morgan fingerprint density at radius 2 is 2.00 bits per heavy atom. The van der Waals surface area contributed by atoms with E-state index in [1.165, 1.54) is 6.20 Å². The first kappa shape index (κ1) is 24.9. The molecule has 2 aromatic heterocycles. The summed E-state index contributed by atoms with van der Waals surface area (Å²) in [4.78, 5) is 21.2. The maximum absolute atomic E-state index is 15.0. The van der Waals surface area contributed by atoms with Crippen LogP contribution in [-0.2, 0) is 10.4 Å². The van der Waals surface area contributed by atoms with Crippen LogP contribution in [-0.4, -0.2) is 40.2 Å². The number of allylic oxidation sites excluding steroid dienone is 1. The number of carbonyl (C=O) groups excluding carboxylic acids is 1. The number of ether oxygens (including phenoxy) is 1. The first-order chi connectivity index (χ1) is 17.6. The van der Waals surface area contributed by atoms with Gasteiger partial charge in [-0.3, -0.25) is 9.78 Å². The molecule has 4 N–H and O–H groups in total. The minimum Gasteiger partial charge on any atom is -0.507 e. The summed E-state index contributed by atoms with van der Waals surface area (Å²) in [7, 11) is 0. The highest BCUT2D eigenvalue weighted by Gasteiger charge is 2.42. The lowest BCUT2D eigenvalue weighted by Gasteiger charge is -2.34. The van der Waals surface area contributed by atoms with Crippen molar-refractivity contribution < 1.29 is 27.8 Å². The minimum absolute atomic E-state index is 0.0689. The number of amides is 1. The second-order valence-corrected chi connectivity index (χ2v) is 9.57. The van der Waals surface area contributed by atoms with E-state index in [9.17, 15) is 23.1 Å². The van der Waals surface area contributed by atoms with E-state index >= 15 is 0 Å². The van der Waals surface area contributed by atoms with Crippen LogP contribution in [0.1, 0.15) is 47.3 Å². The minimum atomic E-state index is -1.93. The summed E-state index contributed by atoms with van der Waals surface area (Å²) in [5.41, 5.74) is 5.21. The van der Waals surface area contributed by atoms with Gasteiger partial charge < -0.3 is 20.9 Å². The van der Waals surface area contributed by atoms with Crippen molar-refractivity contribution in [1.29, 1.82) is 0 Å². The van der Waals surface area contributed by atoms with Gasteiger partial charge in [0.25, 0.3) is 5.91 Å². The van der Waals surface area contributed by atoms with Gasteiger partial charge in [-0.25, -0.2) is 18.2 Å².